The molecule has 2 rings (SSSR count). The highest BCUT2D eigenvalue weighted by Crippen LogP contribution is 2.10. The lowest BCUT2D eigenvalue weighted by Crippen LogP contribution is -2.21. The van der Waals surface area contributed by atoms with Crippen molar-refractivity contribution in [3.63, 3.8) is 0 Å². The largest absolute Gasteiger partial charge is 0.325 e. The van der Waals surface area contributed by atoms with Gasteiger partial charge >= 0.3 is 0 Å². The molecule has 0 saturated heterocycles. The summed E-state index contributed by atoms with van der Waals surface area (Å²) < 4.78 is 1.75. The molecule has 0 saturated carbocycles. The van der Waals surface area contributed by atoms with E-state index in [2.05, 4.69) is 5.10 Å². The van der Waals surface area contributed by atoms with Crippen molar-refractivity contribution in [2.24, 2.45) is 5.73 Å². The zero-order chi connectivity index (χ0) is 12.4. The van der Waals surface area contributed by atoms with Crippen molar-refractivity contribution >= 4 is 0 Å². The lowest BCUT2D eigenvalue weighted by Gasteiger charge is -2.11. The summed E-state index contributed by atoms with van der Waals surface area (Å²) in [4.78, 5) is 11.6. The minimum Gasteiger partial charge on any atom is -0.325 e. The third-order valence-corrected chi connectivity index (χ3v) is 2.62. The van der Waals surface area contributed by atoms with Crippen LogP contribution >= 0.6 is 0 Å². The molecule has 0 fully saturated rings. The summed E-state index contributed by atoms with van der Waals surface area (Å²) in [6, 6.07) is 9.53. The predicted molar refractivity (Wildman–Crippen MR) is 67.2 cm³/mol. The van der Waals surface area contributed by atoms with Crippen molar-refractivity contribution < 1.29 is 0 Å². The van der Waals surface area contributed by atoms with Gasteiger partial charge in [-0.2, -0.15) is 5.10 Å². The summed E-state index contributed by atoms with van der Waals surface area (Å²) in [7, 11) is 0. The minimum absolute atomic E-state index is 0.103. The van der Waals surface area contributed by atoms with Gasteiger partial charge in [0.25, 0.3) is 0 Å². The van der Waals surface area contributed by atoms with Crippen LogP contribution in [-0.2, 0) is 6.54 Å². The molecule has 17 heavy (non-hydrogen) atoms. The molecule has 2 N–H and O–H groups in total. The number of nitrogens with zero attached hydrogens (tertiary/aromatic N) is 2. The van der Waals surface area contributed by atoms with E-state index in [1.165, 1.54) is 0 Å². The quantitative estimate of drug-likeness (QED) is 0.844. The molecule has 0 radical (unpaired) electrons. The Hall–Kier alpha value is -1.94. The summed E-state index contributed by atoms with van der Waals surface area (Å²) in [6.45, 7) is 4.03. The second-order valence-corrected chi connectivity index (χ2v) is 4.05. The Morgan fingerprint density at radius 1 is 1.29 bits per heavy atom. The maximum Gasteiger partial charge on any atom is 0.204 e. The maximum absolute atomic E-state index is 11.6. The molecule has 0 spiro atoms. The van der Waals surface area contributed by atoms with Crippen LogP contribution in [0.25, 0.3) is 5.69 Å². The second kappa shape index (κ2) is 4.51. The summed E-state index contributed by atoms with van der Waals surface area (Å²) in [6.07, 6.45) is 0. The molecule has 88 valence electrons. The van der Waals surface area contributed by atoms with E-state index in [0.29, 0.717) is 5.69 Å². The van der Waals surface area contributed by atoms with E-state index in [0.717, 1.165) is 16.9 Å². The van der Waals surface area contributed by atoms with Gasteiger partial charge in [-0.3, -0.25) is 4.79 Å². The molecule has 2 aromatic rings. The van der Waals surface area contributed by atoms with Gasteiger partial charge in [0.15, 0.2) is 0 Å². The van der Waals surface area contributed by atoms with Crippen molar-refractivity contribution in [3.05, 3.63) is 57.5 Å². The fourth-order valence-corrected chi connectivity index (χ4v) is 1.75. The number of hydrogen-bond acceptors (Lipinski definition) is 3. The fraction of sp³-hybridized carbons (Fsp3) is 0.231. The Bertz CT molecular complexity index is 602. The lowest BCUT2D eigenvalue weighted by molar-refractivity contribution is 0.750. The van der Waals surface area contributed by atoms with Crippen LogP contribution in [0.1, 0.15) is 17.0 Å². The number of benzene rings is 1. The van der Waals surface area contributed by atoms with Crippen LogP contribution in [0.5, 0.6) is 0 Å². The van der Waals surface area contributed by atoms with Crippen LogP contribution in [-0.4, -0.2) is 9.78 Å². The van der Waals surface area contributed by atoms with Gasteiger partial charge in [-0.1, -0.05) is 12.1 Å². The van der Waals surface area contributed by atoms with E-state index < -0.39 is 0 Å². The molecule has 4 nitrogen and oxygen atoms in total. The molecule has 1 aromatic carbocycles. The predicted octanol–water partition coefficient (Wildman–Crippen LogP) is 1.31. The molecule has 1 heterocycles. The summed E-state index contributed by atoms with van der Waals surface area (Å²) in [5, 5.41) is 4.28. The van der Waals surface area contributed by atoms with Crippen molar-refractivity contribution in [2.75, 3.05) is 0 Å². The van der Waals surface area contributed by atoms with E-state index >= 15 is 0 Å². The Kier molecular flexibility index (Phi) is 3.06. The third kappa shape index (κ3) is 2.26. The van der Waals surface area contributed by atoms with Gasteiger partial charge in [0.05, 0.1) is 5.69 Å². The maximum atomic E-state index is 11.6. The smallest absolute Gasteiger partial charge is 0.204 e. The van der Waals surface area contributed by atoms with Gasteiger partial charge in [0, 0.05) is 18.3 Å². The minimum atomic E-state index is -0.103. The van der Waals surface area contributed by atoms with Crippen LogP contribution in [0.2, 0.25) is 0 Å². The average Bonchev–Trinajstić information content (AvgIpc) is 2.29. The van der Waals surface area contributed by atoms with Gasteiger partial charge in [-0.05, 0) is 31.5 Å². The van der Waals surface area contributed by atoms with Crippen LogP contribution in [0, 0.1) is 13.8 Å². The highest BCUT2D eigenvalue weighted by molar-refractivity contribution is 5.36. The van der Waals surface area contributed by atoms with Gasteiger partial charge in [0.2, 0.25) is 5.43 Å². The Morgan fingerprint density at radius 2 is 2.06 bits per heavy atom. The highest BCUT2D eigenvalue weighted by atomic mass is 16.1. The second-order valence-electron chi connectivity index (χ2n) is 4.05. The van der Waals surface area contributed by atoms with Crippen molar-refractivity contribution in [1.82, 2.24) is 9.78 Å². The number of aryl methyl sites for hydroxylation is 2. The van der Waals surface area contributed by atoms with Crippen LogP contribution in [0.4, 0.5) is 0 Å². The summed E-state index contributed by atoms with van der Waals surface area (Å²) >= 11 is 0. The molecular weight excluding hydrogens is 214 g/mol. The SMILES string of the molecule is Cc1cccc(-n2nc(CN)c(=O)cc2C)c1. The van der Waals surface area contributed by atoms with Crippen molar-refractivity contribution in [1.29, 1.82) is 0 Å². The normalized spacial score (nSPS) is 10.5. The zero-order valence-electron chi connectivity index (χ0n) is 9.97. The first-order valence-electron chi connectivity index (χ1n) is 5.49. The standard InChI is InChI=1S/C13H15N3O/c1-9-4-3-5-11(6-9)16-10(2)7-13(17)12(8-14)15-16/h3-7H,8,14H2,1-2H3. The average molecular weight is 229 g/mol. The van der Waals surface area contributed by atoms with E-state index in [1.54, 1.807) is 10.7 Å². The molecule has 0 aliphatic carbocycles. The van der Waals surface area contributed by atoms with E-state index in [1.807, 2.05) is 38.1 Å². The first-order chi connectivity index (χ1) is 8.11. The highest BCUT2D eigenvalue weighted by Gasteiger charge is 2.06. The molecule has 0 atom stereocenters. The van der Waals surface area contributed by atoms with E-state index in [9.17, 15) is 4.79 Å². The van der Waals surface area contributed by atoms with Gasteiger partial charge in [-0.25, -0.2) is 4.68 Å². The molecule has 0 unspecified atom stereocenters. The summed E-state index contributed by atoms with van der Waals surface area (Å²) in [5.74, 6) is 0. The van der Waals surface area contributed by atoms with Crippen molar-refractivity contribution in [3.8, 4) is 5.69 Å². The lowest BCUT2D eigenvalue weighted by atomic mass is 10.2. The number of nitrogens with two attached hydrogens (primary N) is 1. The molecule has 1 aromatic heterocycles. The fourth-order valence-electron chi connectivity index (χ4n) is 1.75. The number of rotatable bonds is 2. The zero-order valence-corrected chi connectivity index (χ0v) is 9.97. The molecule has 0 aliphatic heterocycles. The number of hydrogen-bond donors (Lipinski definition) is 1. The number of aromatic nitrogens is 2. The Labute approximate surface area is 99.7 Å². The third-order valence-electron chi connectivity index (χ3n) is 2.62. The van der Waals surface area contributed by atoms with Gasteiger partial charge in [0.1, 0.15) is 5.69 Å². The van der Waals surface area contributed by atoms with Crippen LogP contribution in [0.3, 0.4) is 0 Å². The first kappa shape index (κ1) is 11.5. The van der Waals surface area contributed by atoms with Gasteiger partial charge < -0.3 is 5.73 Å². The molecule has 4 heteroatoms. The van der Waals surface area contributed by atoms with E-state index in [4.69, 9.17) is 5.73 Å². The van der Waals surface area contributed by atoms with Crippen molar-refractivity contribution in [2.45, 2.75) is 20.4 Å². The van der Waals surface area contributed by atoms with Gasteiger partial charge in [-0.15, -0.1) is 0 Å². The molecular formula is C13H15N3O. The Morgan fingerprint density at radius 3 is 2.71 bits per heavy atom. The first-order valence-corrected chi connectivity index (χ1v) is 5.49. The van der Waals surface area contributed by atoms with Crippen LogP contribution in [0.15, 0.2) is 35.1 Å². The Balaban J connectivity index is 2.63. The van der Waals surface area contributed by atoms with E-state index in [-0.39, 0.29) is 12.0 Å². The molecule has 0 amide bonds. The molecule has 0 bridgehead atoms. The monoisotopic (exact) mass is 229 g/mol. The summed E-state index contributed by atoms with van der Waals surface area (Å²) in [5.41, 5.74) is 8.68. The topological polar surface area (TPSA) is 60.9 Å². The molecule has 0 aliphatic rings. The van der Waals surface area contributed by atoms with Crippen LogP contribution < -0.4 is 11.2 Å².